The number of hydrogen-bond donors (Lipinski definition) is 1. The van der Waals surface area contributed by atoms with Crippen LogP contribution in [-0.2, 0) is 12.8 Å². The lowest BCUT2D eigenvalue weighted by molar-refractivity contribution is 0.625. The molecule has 0 aliphatic rings. The summed E-state index contributed by atoms with van der Waals surface area (Å²) in [6.07, 6.45) is 2.46. The van der Waals surface area contributed by atoms with Crippen LogP contribution in [0.4, 0.5) is 10.2 Å². The standard InChI is InChI=1S/C17H22FN3/c1-4-9-19-17-12(3)15(5-2)20-16(21-17)11-13-7-6-8-14(18)10-13/h6-8,10H,4-5,9,11H2,1-3H3,(H,19,20,21). The topological polar surface area (TPSA) is 37.8 Å². The van der Waals surface area contributed by atoms with Gasteiger partial charge in [-0.1, -0.05) is 26.0 Å². The van der Waals surface area contributed by atoms with Gasteiger partial charge >= 0.3 is 0 Å². The number of aryl methyl sites for hydroxylation is 1. The van der Waals surface area contributed by atoms with Crippen LogP contribution in [-0.4, -0.2) is 16.5 Å². The lowest BCUT2D eigenvalue weighted by Crippen LogP contribution is -2.10. The molecule has 0 atom stereocenters. The van der Waals surface area contributed by atoms with Crippen LogP contribution in [0.15, 0.2) is 24.3 Å². The maximum absolute atomic E-state index is 13.3. The number of nitrogens with zero attached hydrogens (tertiary/aromatic N) is 2. The molecule has 1 aromatic heterocycles. The number of nitrogens with one attached hydrogen (secondary N) is 1. The van der Waals surface area contributed by atoms with Gasteiger partial charge in [-0.2, -0.15) is 0 Å². The van der Waals surface area contributed by atoms with Gasteiger partial charge in [-0.3, -0.25) is 0 Å². The molecule has 0 saturated carbocycles. The van der Waals surface area contributed by atoms with Gasteiger partial charge in [-0.15, -0.1) is 0 Å². The summed E-state index contributed by atoms with van der Waals surface area (Å²) in [6, 6.07) is 6.60. The van der Waals surface area contributed by atoms with Crippen molar-refractivity contribution in [1.29, 1.82) is 0 Å². The van der Waals surface area contributed by atoms with Crippen LogP contribution >= 0.6 is 0 Å². The molecule has 0 fully saturated rings. The molecule has 21 heavy (non-hydrogen) atoms. The highest BCUT2D eigenvalue weighted by Crippen LogP contribution is 2.18. The number of halogens is 1. The zero-order valence-electron chi connectivity index (χ0n) is 12.9. The first-order valence-electron chi connectivity index (χ1n) is 7.48. The predicted molar refractivity (Wildman–Crippen MR) is 84.1 cm³/mol. The SMILES string of the molecule is CCCNc1nc(Cc2cccc(F)c2)nc(CC)c1C. The van der Waals surface area contributed by atoms with E-state index in [-0.39, 0.29) is 5.82 Å². The van der Waals surface area contributed by atoms with Gasteiger partial charge in [-0.05, 0) is 37.5 Å². The van der Waals surface area contributed by atoms with E-state index in [0.29, 0.717) is 6.42 Å². The van der Waals surface area contributed by atoms with Crippen molar-refractivity contribution in [3.63, 3.8) is 0 Å². The first kappa shape index (κ1) is 15.4. The molecule has 0 saturated heterocycles. The van der Waals surface area contributed by atoms with E-state index in [4.69, 9.17) is 0 Å². The van der Waals surface area contributed by atoms with Crippen LogP contribution < -0.4 is 5.32 Å². The molecular weight excluding hydrogens is 265 g/mol. The highest BCUT2D eigenvalue weighted by molar-refractivity contribution is 5.46. The van der Waals surface area contributed by atoms with Crippen LogP contribution in [0.2, 0.25) is 0 Å². The third-order valence-electron chi connectivity index (χ3n) is 3.42. The molecule has 3 nitrogen and oxygen atoms in total. The average molecular weight is 287 g/mol. The number of benzene rings is 1. The third kappa shape index (κ3) is 4.00. The zero-order chi connectivity index (χ0) is 15.2. The molecule has 0 radical (unpaired) electrons. The van der Waals surface area contributed by atoms with Crippen molar-refractivity contribution >= 4 is 5.82 Å². The molecule has 0 bridgehead atoms. The smallest absolute Gasteiger partial charge is 0.135 e. The number of hydrogen-bond acceptors (Lipinski definition) is 3. The van der Waals surface area contributed by atoms with Crippen LogP contribution in [0.3, 0.4) is 0 Å². The average Bonchev–Trinajstić information content (AvgIpc) is 2.47. The first-order valence-corrected chi connectivity index (χ1v) is 7.48. The molecule has 0 spiro atoms. The molecule has 112 valence electrons. The summed E-state index contributed by atoms with van der Waals surface area (Å²) in [5, 5.41) is 3.35. The first-order chi connectivity index (χ1) is 10.1. The molecule has 1 N–H and O–H groups in total. The van der Waals surface area contributed by atoms with Gasteiger partial charge in [-0.25, -0.2) is 14.4 Å². The minimum atomic E-state index is -0.223. The van der Waals surface area contributed by atoms with E-state index in [2.05, 4.69) is 29.1 Å². The quantitative estimate of drug-likeness (QED) is 0.875. The molecule has 2 aromatic rings. The minimum Gasteiger partial charge on any atom is -0.370 e. The molecule has 1 aromatic carbocycles. The minimum absolute atomic E-state index is 0.223. The van der Waals surface area contributed by atoms with Gasteiger partial charge in [0.25, 0.3) is 0 Å². The molecule has 0 amide bonds. The van der Waals surface area contributed by atoms with E-state index in [1.54, 1.807) is 6.07 Å². The fourth-order valence-corrected chi connectivity index (χ4v) is 2.28. The Morgan fingerprint density at radius 3 is 2.67 bits per heavy atom. The van der Waals surface area contributed by atoms with Crippen molar-refractivity contribution in [3.8, 4) is 0 Å². The summed E-state index contributed by atoms with van der Waals surface area (Å²) < 4.78 is 13.3. The molecule has 4 heteroatoms. The maximum atomic E-state index is 13.3. The van der Waals surface area contributed by atoms with E-state index < -0.39 is 0 Å². The highest BCUT2D eigenvalue weighted by Gasteiger charge is 2.10. The summed E-state index contributed by atoms with van der Waals surface area (Å²) in [6.45, 7) is 7.14. The van der Waals surface area contributed by atoms with E-state index in [1.807, 2.05) is 13.0 Å². The van der Waals surface area contributed by atoms with Gasteiger partial charge in [0, 0.05) is 24.2 Å². The van der Waals surface area contributed by atoms with Crippen LogP contribution in [0, 0.1) is 12.7 Å². The van der Waals surface area contributed by atoms with Crippen molar-refractivity contribution in [2.75, 3.05) is 11.9 Å². The predicted octanol–water partition coefficient (Wildman–Crippen LogP) is 3.90. The van der Waals surface area contributed by atoms with E-state index in [9.17, 15) is 4.39 Å². The zero-order valence-corrected chi connectivity index (χ0v) is 12.9. The molecule has 0 aliphatic heterocycles. The number of rotatable bonds is 6. The van der Waals surface area contributed by atoms with E-state index in [0.717, 1.165) is 47.8 Å². The van der Waals surface area contributed by atoms with Crippen molar-refractivity contribution in [1.82, 2.24) is 9.97 Å². The summed E-state index contributed by atoms with van der Waals surface area (Å²) in [4.78, 5) is 9.21. The molecule has 1 heterocycles. The molecule has 2 rings (SSSR count). The second-order valence-electron chi connectivity index (χ2n) is 5.15. The maximum Gasteiger partial charge on any atom is 0.135 e. The molecule has 0 unspecified atom stereocenters. The Bertz CT molecular complexity index is 611. The highest BCUT2D eigenvalue weighted by atomic mass is 19.1. The van der Waals surface area contributed by atoms with Gasteiger partial charge in [0.05, 0.1) is 0 Å². The Labute approximate surface area is 125 Å². The second-order valence-corrected chi connectivity index (χ2v) is 5.15. The fourth-order valence-electron chi connectivity index (χ4n) is 2.28. The van der Waals surface area contributed by atoms with E-state index >= 15 is 0 Å². The lowest BCUT2D eigenvalue weighted by Gasteiger charge is -2.13. The summed E-state index contributed by atoms with van der Waals surface area (Å²) >= 11 is 0. The molecule has 0 aliphatic carbocycles. The Kier molecular flexibility index (Phi) is 5.26. The summed E-state index contributed by atoms with van der Waals surface area (Å²) in [5.74, 6) is 1.41. The number of anilines is 1. The van der Waals surface area contributed by atoms with Crippen molar-refractivity contribution in [3.05, 3.63) is 52.7 Å². The van der Waals surface area contributed by atoms with Gasteiger partial charge in [0.1, 0.15) is 17.5 Å². The van der Waals surface area contributed by atoms with Crippen molar-refractivity contribution in [2.24, 2.45) is 0 Å². The van der Waals surface area contributed by atoms with Crippen molar-refractivity contribution in [2.45, 2.75) is 40.0 Å². The normalized spacial score (nSPS) is 10.7. The fraction of sp³-hybridized carbons (Fsp3) is 0.412. The van der Waals surface area contributed by atoms with Crippen LogP contribution in [0.25, 0.3) is 0 Å². The lowest BCUT2D eigenvalue weighted by atomic mass is 10.1. The second kappa shape index (κ2) is 7.16. The summed E-state index contributed by atoms with van der Waals surface area (Å²) in [7, 11) is 0. The third-order valence-corrected chi connectivity index (χ3v) is 3.42. The van der Waals surface area contributed by atoms with Gasteiger partial charge < -0.3 is 5.32 Å². The van der Waals surface area contributed by atoms with Crippen LogP contribution in [0.1, 0.15) is 42.9 Å². The Balaban J connectivity index is 2.30. The van der Waals surface area contributed by atoms with Crippen LogP contribution in [0.5, 0.6) is 0 Å². The Morgan fingerprint density at radius 1 is 1.19 bits per heavy atom. The number of aromatic nitrogens is 2. The Hall–Kier alpha value is -1.97. The monoisotopic (exact) mass is 287 g/mol. The van der Waals surface area contributed by atoms with Gasteiger partial charge in [0.15, 0.2) is 0 Å². The van der Waals surface area contributed by atoms with Crippen molar-refractivity contribution < 1.29 is 4.39 Å². The van der Waals surface area contributed by atoms with Gasteiger partial charge in [0.2, 0.25) is 0 Å². The molecular formula is C17H22FN3. The Morgan fingerprint density at radius 2 is 2.00 bits per heavy atom. The van der Waals surface area contributed by atoms with E-state index in [1.165, 1.54) is 12.1 Å². The summed E-state index contributed by atoms with van der Waals surface area (Å²) in [5.41, 5.74) is 3.05. The largest absolute Gasteiger partial charge is 0.370 e.